The van der Waals surface area contributed by atoms with Gasteiger partial charge in [-0.3, -0.25) is 9.59 Å². The molecule has 2 amide bonds. The van der Waals surface area contributed by atoms with E-state index in [0.717, 1.165) is 36.4 Å². The van der Waals surface area contributed by atoms with Crippen LogP contribution in [0, 0.1) is 23.3 Å². The molecule has 1 aliphatic carbocycles. The van der Waals surface area contributed by atoms with Gasteiger partial charge < -0.3 is 10.6 Å². The highest BCUT2D eigenvalue weighted by Crippen LogP contribution is 2.21. The number of aryl methyl sites for hydroxylation is 2. The molecule has 3 rings (SSSR count). The van der Waals surface area contributed by atoms with Crippen LogP contribution in [-0.4, -0.2) is 23.9 Å². The number of rotatable bonds is 8. The number of benzene rings is 2. The number of nitrogens with one attached hydrogen (secondary N) is 2. The van der Waals surface area contributed by atoms with Crippen molar-refractivity contribution in [1.82, 2.24) is 10.6 Å². The standard InChI is InChI=1S/C22H22F4N2O2/c23-15-3-5-19(25)13(9-15)1-7-21(29)27-17-11-18(12-17)28-22(30)8-2-14-10-16(24)4-6-20(14)26/h3-6,9-10,17-18H,1-2,7-8,11-12H2,(H,27,29)(H,28,30). The molecule has 2 aromatic carbocycles. The molecule has 4 nitrogen and oxygen atoms in total. The summed E-state index contributed by atoms with van der Waals surface area (Å²) in [6.45, 7) is 0. The highest BCUT2D eigenvalue weighted by molar-refractivity contribution is 5.78. The maximum atomic E-state index is 13.6. The Bertz CT molecular complexity index is 856. The van der Waals surface area contributed by atoms with Crippen LogP contribution >= 0.6 is 0 Å². The van der Waals surface area contributed by atoms with Gasteiger partial charge in [-0.05, 0) is 73.2 Å². The summed E-state index contributed by atoms with van der Waals surface area (Å²) < 4.78 is 53.4. The lowest BCUT2D eigenvalue weighted by Crippen LogP contribution is -2.53. The van der Waals surface area contributed by atoms with Crippen LogP contribution in [0.3, 0.4) is 0 Å². The van der Waals surface area contributed by atoms with Crippen molar-refractivity contribution in [2.24, 2.45) is 0 Å². The first kappa shape index (κ1) is 21.8. The third kappa shape index (κ3) is 6.05. The molecular formula is C22H22F4N2O2. The average molecular weight is 422 g/mol. The van der Waals surface area contributed by atoms with E-state index in [0.29, 0.717) is 12.8 Å². The summed E-state index contributed by atoms with van der Waals surface area (Å²) in [4.78, 5) is 24.0. The second-order valence-corrected chi connectivity index (χ2v) is 7.47. The number of hydrogen-bond donors (Lipinski definition) is 2. The Kier molecular flexibility index (Phi) is 7.07. The van der Waals surface area contributed by atoms with E-state index in [9.17, 15) is 27.2 Å². The zero-order valence-corrected chi connectivity index (χ0v) is 16.2. The van der Waals surface area contributed by atoms with E-state index in [-0.39, 0.29) is 60.7 Å². The number of halogens is 4. The highest BCUT2D eigenvalue weighted by atomic mass is 19.1. The molecule has 1 fully saturated rings. The van der Waals surface area contributed by atoms with Gasteiger partial charge in [0.1, 0.15) is 23.3 Å². The van der Waals surface area contributed by atoms with E-state index in [1.54, 1.807) is 0 Å². The Labute approximate surface area is 171 Å². The van der Waals surface area contributed by atoms with Crippen LogP contribution in [0.15, 0.2) is 36.4 Å². The Hall–Kier alpha value is -2.90. The predicted octanol–water partition coefficient (Wildman–Crippen LogP) is 3.57. The van der Waals surface area contributed by atoms with E-state index in [1.807, 2.05) is 0 Å². The summed E-state index contributed by atoms with van der Waals surface area (Å²) in [5.41, 5.74) is 0.303. The van der Waals surface area contributed by atoms with Gasteiger partial charge in [-0.15, -0.1) is 0 Å². The summed E-state index contributed by atoms with van der Waals surface area (Å²) >= 11 is 0. The fourth-order valence-electron chi connectivity index (χ4n) is 3.42. The lowest BCUT2D eigenvalue weighted by molar-refractivity contribution is -0.123. The summed E-state index contributed by atoms with van der Waals surface area (Å²) in [6.07, 6.45) is 1.37. The highest BCUT2D eigenvalue weighted by Gasteiger charge is 2.31. The number of carbonyl (C=O) groups excluding carboxylic acids is 2. The third-order valence-electron chi connectivity index (χ3n) is 5.13. The Morgan fingerprint density at radius 2 is 1.13 bits per heavy atom. The van der Waals surface area contributed by atoms with Gasteiger partial charge in [0.25, 0.3) is 0 Å². The van der Waals surface area contributed by atoms with Gasteiger partial charge in [0.2, 0.25) is 11.8 Å². The molecule has 0 bridgehead atoms. The van der Waals surface area contributed by atoms with Gasteiger partial charge in [0, 0.05) is 24.9 Å². The molecule has 160 valence electrons. The predicted molar refractivity (Wildman–Crippen MR) is 102 cm³/mol. The van der Waals surface area contributed by atoms with Crippen molar-refractivity contribution in [2.45, 2.75) is 50.6 Å². The fraction of sp³-hybridized carbons (Fsp3) is 0.364. The Balaban J connectivity index is 1.33. The number of amides is 2. The maximum Gasteiger partial charge on any atom is 0.220 e. The lowest BCUT2D eigenvalue weighted by atomic mass is 9.86. The molecule has 0 unspecified atom stereocenters. The number of carbonyl (C=O) groups is 2. The molecular weight excluding hydrogens is 400 g/mol. The molecule has 30 heavy (non-hydrogen) atoms. The molecule has 2 N–H and O–H groups in total. The molecule has 0 heterocycles. The summed E-state index contributed by atoms with van der Waals surface area (Å²) in [6, 6.07) is 6.07. The minimum absolute atomic E-state index is 0.0348. The topological polar surface area (TPSA) is 58.2 Å². The quantitative estimate of drug-likeness (QED) is 0.639. The van der Waals surface area contributed by atoms with E-state index in [4.69, 9.17) is 0 Å². The van der Waals surface area contributed by atoms with E-state index in [1.165, 1.54) is 0 Å². The number of hydrogen-bond acceptors (Lipinski definition) is 2. The van der Waals surface area contributed by atoms with E-state index >= 15 is 0 Å². The first-order valence-electron chi connectivity index (χ1n) is 9.76. The molecule has 1 saturated carbocycles. The third-order valence-corrected chi connectivity index (χ3v) is 5.13. The maximum absolute atomic E-state index is 13.6. The van der Waals surface area contributed by atoms with E-state index in [2.05, 4.69) is 10.6 Å². The molecule has 1 aliphatic rings. The van der Waals surface area contributed by atoms with Crippen LogP contribution in [0.2, 0.25) is 0 Å². The Morgan fingerprint density at radius 1 is 0.733 bits per heavy atom. The minimum atomic E-state index is -0.551. The van der Waals surface area contributed by atoms with Crippen LogP contribution < -0.4 is 10.6 Å². The van der Waals surface area contributed by atoms with Gasteiger partial charge in [-0.2, -0.15) is 0 Å². The largest absolute Gasteiger partial charge is 0.353 e. The van der Waals surface area contributed by atoms with Crippen LogP contribution in [0.1, 0.15) is 36.8 Å². The van der Waals surface area contributed by atoms with Crippen LogP contribution in [0.4, 0.5) is 17.6 Å². The second-order valence-electron chi connectivity index (χ2n) is 7.47. The van der Waals surface area contributed by atoms with Crippen molar-refractivity contribution in [3.8, 4) is 0 Å². The molecule has 0 atom stereocenters. The zero-order valence-electron chi connectivity index (χ0n) is 16.2. The monoisotopic (exact) mass is 422 g/mol. The summed E-state index contributed by atoms with van der Waals surface area (Å²) in [5, 5.41) is 5.60. The van der Waals surface area contributed by atoms with Crippen molar-refractivity contribution in [3.63, 3.8) is 0 Å². The zero-order chi connectivity index (χ0) is 21.7. The van der Waals surface area contributed by atoms with Gasteiger partial charge in [0.15, 0.2) is 0 Å². The molecule has 0 spiro atoms. The van der Waals surface area contributed by atoms with E-state index < -0.39 is 23.3 Å². The SMILES string of the molecule is O=C(CCc1cc(F)ccc1F)NC1CC(NC(=O)CCc2cc(F)ccc2F)C1. The summed E-state index contributed by atoms with van der Waals surface area (Å²) in [5.74, 6) is -2.73. The summed E-state index contributed by atoms with van der Waals surface area (Å²) in [7, 11) is 0. The van der Waals surface area contributed by atoms with Gasteiger partial charge in [-0.25, -0.2) is 17.6 Å². The van der Waals surface area contributed by atoms with Gasteiger partial charge in [0.05, 0.1) is 0 Å². The molecule has 8 heteroatoms. The average Bonchev–Trinajstić information content (AvgIpc) is 2.67. The Morgan fingerprint density at radius 3 is 1.53 bits per heavy atom. The van der Waals surface area contributed by atoms with Gasteiger partial charge >= 0.3 is 0 Å². The fourth-order valence-corrected chi connectivity index (χ4v) is 3.42. The molecule has 0 saturated heterocycles. The van der Waals surface area contributed by atoms with Crippen LogP contribution in [0.25, 0.3) is 0 Å². The van der Waals surface area contributed by atoms with Crippen molar-refractivity contribution in [1.29, 1.82) is 0 Å². The van der Waals surface area contributed by atoms with Crippen molar-refractivity contribution in [3.05, 3.63) is 70.8 Å². The molecule has 2 aromatic rings. The minimum Gasteiger partial charge on any atom is -0.353 e. The molecule has 0 aromatic heterocycles. The van der Waals surface area contributed by atoms with Gasteiger partial charge in [-0.1, -0.05) is 0 Å². The van der Waals surface area contributed by atoms with Crippen molar-refractivity contribution in [2.75, 3.05) is 0 Å². The molecule has 0 radical (unpaired) electrons. The first-order valence-corrected chi connectivity index (χ1v) is 9.76. The van der Waals surface area contributed by atoms with Crippen LogP contribution in [-0.2, 0) is 22.4 Å². The normalized spacial score (nSPS) is 17.9. The van der Waals surface area contributed by atoms with Crippen molar-refractivity contribution < 1.29 is 27.2 Å². The smallest absolute Gasteiger partial charge is 0.220 e. The molecule has 0 aliphatic heterocycles. The van der Waals surface area contributed by atoms with Crippen LogP contribution in [0.5, 0.6) is 0 Å². The second kappa shape index (κ2) is 9.73. The lowest BCUT2D eigenvalue weighted by Gasteiger charge is -2.36. The first-order chi connectivity index (χ1) is 14.3. The van der Waals surface area contributed by atoms with Crippen molar-refractivity contribution >= 4 is 11.8 Å².